The zero-order valence-electron chi connectivity index (χ0n) is 10.1. The second-order valence-corrected chi connectivity index (χ2v) is 5.41. The monoisotopic (exact) mass is 291 g/mol. The van der Waals surface area contributed by atoms with E-state index in [2.05, 4.69) is 9.97 Å². The molecule has 4 nitrogen and oxygen atoms in total. The minimum absolute atomic E-state index is 0.0639. The molecule has 19 heavy (non-hydrogen) atoms. The van der Waals surface area contributed by atoms with Crippen LogP contribution in [0, 0.1) is 6.92 Å². The van der Waals surface area contributed by atoms with Crippen LogP contribution in [0.1, 0.15) is 11.5 Å². The Morgan fingerprint density at radius 1 is 1.32 bits per heavy atom. The van der Waals surface area contributed by atoms with Gasteiger partial charge >= 0.3 is 0 Å². The first kappa shape index (κ1) is 12.3. The molecule has 6 heteroatoms. The second kappa shape index (κ2) is 4.75. The fraction of sp³-hybridized carbons (Fsp3) is 0.154. The van der Waals surface area contributed by atoms with Crippen molar-refractivity contribution in [3.8, 4) is 0 Å². The molecular weight excluding hydrogens is 282 g/mol. The lowest BCUT2D eigenvalue weighted by Gasteiger charge is -2.08. The predicted molar refractivity (Wildman–Crippen MR) is 77.0 cm³/mol. The van der Waals surface area contributed by atoms with Crippen LogP contribution in [0.15, 0.2) is 34.4 Å². The number of thiophene rings is 1. The summed E-state index contributed by atoms with van der Waals surface area (Å²) in [6.07, 6.45) is 0. The number of aromatic nitrogens is 3. The normalized spacial score (nSPS) is 11.1. The Kier molecular flexibility index (Phi) is 3.08. The number of hydrogen-bond acceptors (Lipinski definition) is 4. The Balaban J connectivity index is 2.08. The number of fused-ring (bicyclic) bond motifs is 1. The quantitative estimate of drug-likeness (QED) is 0.682. The van der Waals surface area contributed by atoms with Crippen LogP contribution < -0.4 is 5.56 Å². The summed E-state index contributed by atoms with van der Waals surface area (Å²) in [4.78, 5) is 21.4. The Bertz CT molecular complexity index is 809. The zero-order valence-corrected chi connectivity index (χ0v) is 11.7. The van der Waals surface area contributed by atoms with Gasteiger partial charge in [0, 0.05) is 17.1 Å². The molecule has 3 heterocycles. The SMILES string of the molecule is Cc1cccc(=O)n1Cc1nc(Cl)c2ccsc2n1. The summed E-state index contributed by atoms with van der Waals surface area (Å²) in [5.41, 5.74) is 0.810. The summed E-state index contributed by atoms with van der Waals surface area (Å²) in [5.74, 6) is 0.552. The van der Waals surface area contributed by atoms with Crippen LogP contribution in [0.4, 0.5) is 0 Å². The first-order valence-electron chi connectivity index (χ1n) is 5.71. The van der Waals surface area contributed by atoms with Gasteiger partial charge in [-0.05, 0) is 24.4 Å². The Hall–Kier alpha value is -1.72. The summed E-state index contributed by atoms with van der Waals surface area (Å²) < 4.78 is 1.63. The highest BCUT2D eigenvalue weighted by Crippen LogP contribution is 2.24. The third-order valence-electron chi connectivity index (χ3n) is 2.89. The molecule has 0 saturated heterocycles. The molecule has 0 radical (unpaired) electrons. The zero-order chi connectivity index (χ0) is 13.4. The van der Waals surface area contributed by atoms with Crippen molar-refractivity contribution in [3.63, 3.8) is 0 Å². The van der Waals surface area contributed by atoms with Crippen LogP contribution in [0.5, 0.6) is 0 Å². The highest BCUT2D eigenvalue weighted by Gasteiger charge is 2.09. The van der Waals surface area contributed by atoms with E-state index in [-0.39, 0.29) is 5.56 Å². The highest BCUT2D eigenvalue weighted by molar-refractivity contribution is 7.16. The van der Waals surface area contributed by atoms with E-state index >= 15 is 0 Å². The van der Waals surface area contributed by atoms with E-state index < -0.39 is 0 Å². The average molecular weight is 292 g/mol. The lowest BCUT2D eigenvalue weighted by atomic mass is 10.3. The van der Waals surface area contributed by atoms with Crippen molar-refractivity contribution in [2.75, 3.05) is 0 Å². The molecule has 0 amide bonds. The molecule has 0 atom stereocenters. The van der Waals surface area contributed by atoms with Crippen molar-refractivity contribution in [2.24, 2.45) is 0 Å². The fourth-order valence-corrected chi connectivity index (χ4v) is 2.99. The number of aryl methyl sites for hydroxylation is 1. The van der Waals surface area contributed by atoms with E-state index in [9.17, 15) is 4.79 Å². The highest BCUT2D eigenvalue weighted by atomic mass is 35.5. The second-order valence-electron chi connectivity index (χ2n) is 4.16. The maximum absolute atomic E-state index is 11.8. The van der Waals surface area contributed by atoms with Gasteiger partial charge in [-0.1, -0.05) is 17.7 Å². The first-order chi connectivity index (χ1) is 9.15. The molecule has 0 aliphatic rings. The molecule has 96 valence electrons. The van der Waals surface area contributed by atoms with Crippen molar-refractivity contribution in [1.29, 1.82) is 0 Å². The van der Waals surface area contributed by atoms with Gasteiger partial charge < -0.3 is 4.57 Å². The van der Waals surface area contributed by atoms with Crippen LogP contribution in [0.25, 0.3) is 10.2 Å². The summed E-state index contributed by atoms with van der Waals surface area (Å²) in [7, 11) is 0. The molecule has 3 aromatic heterocycles. The molecule has 3 aromatic rings. The summed E-state index contributed by atoms with van der Waals surface area (Å²) in [5, 5.41) is 3.21. The topological polar surface area (TPSA) is 47.8 Å². The van der Waals surface area contributed by atoms with Crippen molar-refractivity contribution >= 4 is 33.2 Å². The lowest BCUT2D eigenvalue weighted by Crippen LogP contribution is -2.22. The van der Waals surface area contributed by atoms with E-state index in [0.29, 0.717) is 17.5 Å². The standard InChI is InChI=1S/C13H10ClN3OS/c1-8-3-2-4-11(18)17(8)7-10-15-12(14)9-5-6-19-13(9)16-10/h2-6H,7H2,1H3. The molecular formula is C13H10ClN3OS. The van der Waals surface area contributed by atoms with Gasteiger partial charge in [0.1, 0.15) is 9.98 Å². The summed E-state index contributed by atoms with van der Waals surface area (Å²) >= 11 is 7.63. The van der Waals surface area contributed by atoms with E-state index in [1.807, 2.05) is 24.4 Å². The molecule has 0 aromatic carbocycles. The van der Waals surface area contributed by atoms with E-state index in [4.69, 9.17) is 11.6 Å². The molecule has 0 N–H and O–H groups in total. The number of halogens is 1. The van der Waals surface area contributed by atoms with Gasteiger partial charge in [-0.25, -0.2) is 9.97 Å². The Morgan fingerprint density at radius 3 is 2.95 bits per heavy atom. The minimum Gasteiger partial charge on any atom is -0.305 e. The smallest absolute Gasteiger partial charge is 0.251 e. The van der Waals surface area contributed by atoms with Crippen molar-refractivity contribution in [3.05, 3.63) is 56.7 Å². The summed E-state index contributed by atoms with van der Waals surface area (Å²) in [6, 6.07) is 7.04. The van der Waals surface area contributed by atoms with E-state index in [0.717, 1.165) is 15.9 Å². The number of rotatable bonds is 2. The molecule has 0 aliphatic heterocycles. The average Bonchev–Trinajstić information content (AvgIpc) is 2.83. The molecule has 0 spiro atoms. The first-order valence-corrected chi connectivity index (χ1v) is 6.97. The van der Waals surface area contributed by atoms with Gasteiger partial charge in [-0.2, -0.15) is 0 Å². The Labute approximate surface area is 118 Å². The van der Waals surface area contributed by atoms with Crippen molar-refractivity contribution in [1.82, 2.24) is 14.5 Å². The van der Waals surface area contributed by atoms with Crippen LogP contribution >= 0.6 is 22.9 Å². The predicted octanol–water partition coefficient (Wildman–Crippen LogP) is 2.86. The molecule has 0 saturated carbocycles. The van der Waals surface area contributed by atoms with Gasteiger partial charge in [-0.15, -0.1) is 11.3 Å². The van der Waals surface area contributed by atoms with Crippen LogP contribution in [-0.2, 0) is 6.54 Å². The molecule has 0 aliphatic carbocycles. The molecule has 0 fully saturated rings. The number of pyridine rings is 1. The van der Waals surface area contributed by atoms with Crippen LogP contribution in [-0.4, -0.2) is 14.5 Å². The van der Waals surface area contributed by atoms with Gasteiger partial charge in [0.15, 0.2) is 5.82 Å². The Morgan fingerprint density at radius 2 is 2.16 bits per heavy atom. The van der Waals surface area contributed by atoms with Gasteiger partial charge in [0.2, 0.25) is 0 Å². The van der Waals surface area contributed by atoms with Crippen LogP contribution in [0.2, 0.25) is 5.15 Å². The number of nitrogens with zero attached hydrogens (tertiary/aromatic N) is 3. The maximum atomic E-state index is 11.8. The summed E-state index contributed by atoms with van der Waals surface area (Å²) in [6.45, 7) is 2.21. The molecule has 0 bridgehead atoms. The van der Waals surface area contributed by atoms with Gasteiger partial charge in [0.05, 0.1) is 6.54 Å². The minimum atomic E-state index is -0.0639. The van der Waals surface area contributed by atoms with E-state index in [1.165, 1.54) is 17.4 Å². The van der Waals surface area contributed by atoms with Gasteiger partial charge in [0.25, 0.3) is 5.56 Å². The third kappa shape index (κ3) is 2.27. The van der Waals surface area contributed by atoms with Gasteiger partial charge in [-0.3, -0.25) is 4.79 Å². The fourth-order valence-electron chi connectivity index (χ4n) is 1.90. The van der Waals surface area contributed by atoms with Crippen molar-refractivity contribution in [2.45, 2.75) is 13.5 Å². The molecule has 3 rings (SSSR count). The lowest BCUT2D eigenvalue weighted by molar-refractivity contribution is 0.696. The van der Waals surface area contributed by atoms with Crippen molar-refractivity contribution < 1.29 is 0 Å². The maximum Gasteiger partial charge on any atom is 0.251 e. The molecule has 0 unspecified atom stereocenters. The third-order valence-corrected chi connectivity index (χ3v) is 3.99. The van der Waals surface area contributed by atoms with Crippen LogP contribution in [0.3, 0.4) is 0 Å². The largest absolute Gasteiger partial charge is 0.305 e. The number of hydrogen-bond donors (Lipinski definition) is 0. The van der Waals surface area contributed by atoms with E-state index in [1.54, 1.807) is 10.6 Å².